The highest BCUT2D eigenvalue weighted by atomic mass is 32.3. The van der Waals surface area contributed by atoms with E-state index in [1.54, 1.807) is 0 Å². The van der Waals surface area contributed by atoms with E-state index >= 15 is 0 Å². The number of esters is 2. The molecule has 0 aliphatic heterocycles. The van der Waals surface area contributed by atoms with Gasteiger partial charge in [-0.3, -0.25) is 13.8 Å². The van der Waals surface area contributed by atoms with Crippen molar-refractivity contribution in [2.45, 2.75) is 297 Å². The monoisotopic (exact) mass is 1010 g/mol. The molecule has 414 valence electrons. The Labute approximate surface area is 428 Å². The van der Waals surface area contributed by atoms with E-state index in [4.69, 9.17) is 18.9 Å². The first-order valence-electron chi connectivity index (χ1n) is 29.1. The Bertz CT molecular complexity index is 1110. The largest absolute Gasteiger partial charge is 0.726 e. The molecule has 0 aromatic heterocycles. The van der Waals surface area contributed by atoms with Crippen molar-refractivity contribution in [2.75, 3.05) is 60.7 Å². The SMILES string of the molecule is CCCCCCCCCCCCCCCCCCCCCC(=O)OC(C)COCC[N+](C)(C)CCOCC(C)OC(=O)CCCCCCCCCCCCCCCCCCCCC.COS(=O)(=O)[O-]. The van der Waals surface area contributed by atoms with Gasteiger partial charge in [0.15, 0.2) is 0 Å². The Morgan fingerprint density at radius 2 is 0.623 bits per heavy atom. The third kappa shape index (κ3) is 60.9. The van der Waals surface area contributed by atoms with Gasteiger partial charge in [-0.25, -0.2) is 8.42 Å². The Hall–Kier alpha value is -1.31. The molecule has 0 aliphatic carbocycles. The van der Waals surface area contributed by atoms with Gasteiger partial charge >= 0.3 is 11.9 Å². The Kier molecular flexibility index (Phi) is 53.6. The highest BCUT2D eigenvalue weighted by Gasteiger charge is 2.17. The second kappa shape index (κ2) is 53.0. The van der Waals surface area contributed by atoms with Crippen LogP contribution >= 0.6 is 0 Å². The summed E-state index contributed by atoms with van der Waals surface area (Å²) in [6.07, 6.45) is 51.9. The van der Waals surface area contributed by atoms with E-state index in [0.717, 1.165) is 50.4 Å². The number of rotatable bonds is 53. The molecule has 0 spiro atoms. The predicted molar refractivity (Wildman–Crippen MR) is 287 cm³/mol. The second-order valence-electron chi connectivity index (χ2n) is 20.9. The molecule has 0 amide bonds. The Balaban J connectivity index is 0. The van der Waals surface area contributed by atoms with Gasteiger partial charge in [-0.15, -0.1) is 0 Å². The van der Waals surface area contributed by atoms with Crippen molar-refractivity contribution in [2.24, 2.45) is 0 Å². The lowest BCUT2D eigenvalue weighted by Crippen LogP contribution is -2.45. The van der Waals surface area contributed by atoms with E-state index in [1.165, 1.54) is 218 Å². The maximum atomic E-state index is 12.3. The summed E-state index contributed by atoms with van der Waals surface area (Å²) in [5.74, 6) is -0.209. The van der Waals surface area contributed by atoms with E-state index in [-0.39, 0.29) is 24.1 Å². The van der Waals surface area contributed by atoms with Crippen molar-refractivity contribution in [1.82, 2.24) is 0 Å². The molecule has 0 fully saturated rings. The van der Waals surface area contributed by atoms with E-state index in [2.05, 4.69) is 32.1 Å². The fraction of sp³-hybridized carbons (Fsp3) is 0.965. The van der Waals surface area contributed by atoms with E-state index in [9.17, 15) is 22.6 Å². The third-order valence-electron chi connectivity index (χ3n) is 13.2. The summed E-state index contributed by atoms with van der Waals surface area (Å²) >= 11 is 0. The van der Waals surface area contributed by atoms with E-state index in [1.807, 2.05) is 13.8 Å². The quantitative estimate of drug-likeness (QED) is 0.0190. The van der Waals surface area contributed by atoms with Gasteiger partial charge in [-0.1, -0.05) is 245 Å². The number of carbonyl (C=O) groups excluding carboxylic acids is 2. The molecule has 0 aromatic rings. The van der Waals surface area contributed by atoms with Crippen molar-refractivity contribution >= 4 is 22.3 Å². The summed E-state index contributed by atoms with van der Waals surface area (Å²) in [6.45, 7) is 12.1. The zero-order valence-corrected chi connectivity index (χ0v) is 47.4. The summed E-state index contributed by atoms with van der Waals surface area (Å²) in [5, 5.41) is 0. The summed E-state index contributed by atoms with van der Waals surface area (Å²) in [4.78, 5) is 24.7. The summed E-state index contributed by atoms with van der Waals surface area (Å²) in [6, 6.07) is 0. The minimum atomic E-state index is -4.41. The molecule has 0 aliphatic rings. The van der Waals surface area contributed by atoms with Crippen LogP contribution in [-0.4, -0.2) is 102 Å². The first kappa shape index (κ1) is 69.8. The fourth-order valence-electron chi connectivity index (χ4n) is 8.56. The molecule has 0 rings (SSSR count). The lowest BCUT2D eigenvalue weighted by Gasteiger charge is -2.30. The highest BCUT2D eigenvalue weighted by molar-refractivity contribution is 7.80. The van der Waals surface area contributed by atoms with Crippen molar-refractivity contribution in [3.8, 4) is 0 Å². The third-order valence-corrected chi connectivity index (χ3v) is 13.6. The predicted octanol–water partition coefficient (Wildman–Crippen LogP) is 15.7. The minimum Gasteiger partial charge on any atom is -0.726 e. The standard InChI is InChI=1S/C56H112NO6.CH4O4S/c1-7-9-11-13-15-17-19-21-23-25-27-29-31-33-35-37-39-41-43-45-55(58)62-53(3)51-60-49-47-57(5,6)48-50-61-52-54(4)63-56(59)46-44-42-40-38-36-34-32-30-28-26-24-22-20-18-16-14-12-10-8-2;1-5-6(2,3)4/h53-54H,7-52H2,1-6H3;1H3,(H,2,3,4)/q+1;/p-1. The molecule has 69 heavy (non-hydrogen) atoms. The number of likely N-dealkylation sites (N-methyl/N-ethyl adjacent to an activating group) is 1. The van der Waals surface area contributed by atoms with Crippen LogP contribution in [0.25, 0.3) is 0 Å². The number of quaternary nitrogens is 1. The van der Waals surface area contributed by atoms with Gasteiger partial charge in [0.25, 0.3) is 0 Å². The number of carbonyl (C=O) groups is 2. The molecule has 0 saturated heterocycles. The summed E-state index contributed by atoms with van der Waals surface area (Å²) in [7, 11) is 0.728. The van der Waals surface area contributed by atoms with Crippen LogP contribution in [-0.2, 0) is 43.1 Å². The van der Waals surface area contributed by atoms with Crippen molar-refractivity contribution in [1.29, 1.82) is 0 Å². The van der Waals surface area contributed by atoms with Gasteiger partial charge < -0.3 is 28.0 Å². The van der Waals surface area contributed by atoms with Crippen LogP contribution in [0.5, 0.6) is 0 Å². The average molecular weight is 1010 g/mol. The van der Waals surface area contributed by atoms with Crippen molar-refractivity contribution in [3.63, 3.8) is 0 Å². The molecule has 0 saturated carbocycles. The molecule has 12 heteroatoms. The molecule has 11 nitrogen and oxygen atoms in total. The number of hydrogen-bond acceptors (Lipinski definition) is 10. The highest BCUT2D eigenvalue weighted by Crippen LogP contribution is 2.17. The van der Waals surface area contributed by atoms with Crippen LogP contribution in [0.4, 0.5) is 0 Å². The number of ether oxygens (including phenoxy) is 4. The zero-order valence-electron chi connectivity index (χ0n) is 46.6. The number of unbranched alkanes of at least 4 members (excludes halogenated alkanes) is 36. The van der Waals surface area contributed by atoms with Crippen LogP contribution < -0.4 is 0 Å². The summed E-state index contributed by atoms with van der Waals surface area (Å²) < 4.78 is 54.7. The van der Waals surface area contributed by atoms with Crippen LogP contribution in [0.3, 0.4) is 0 Å². The molecule has 0 bridgehead atoms. The van der Waals surface area contributed by atoms with E-state index < -0.39 is 10.4 Å². The molecule has 0 radical (unpaired) electrons. The van der Waals surface area contributed by atoms with Gasteiger partial charge in [0.1, 0.15) is 25.3 Å². The van der Waals surface area contributed by atoms with Gasteiger partial charge in [-0.05, 0) is 26.7 Å². The molecule has 0 aromatic carbocycles. The molecule has 2 atom stereocenters. The summed E-state index contributed by atoms with van der Waals surface area (Å²) in [5.41, 5.74) is 0. The maximum Gasteiger partial charge on any atom is 0.306 e. The van der Waals surface area contributed by atoms with Gasteiger partial charge in [-0.2, -0.15) is 0 Å². The fourth-order valence-corrected chi connectivity index (χ4v) is 8.56. The number of nitrogens with zero attached hydrogens (tertiary/aromatic N) is 1. The van der Waals surface area contributed by atoms with Crippen LogP contribution in [0.15, 0.2) is 0 Å². The van der Waals surface area contributed by atoms with Gasteiger partial charge in [0, 0.05) is 12.8 Å². The number of hydrogen-bond donors (Lipinski definition) is 0. The zero-order chi connectivity index (χ0) is 51.4. The normalized spacial score (nSPS) is 12.7. The topological polar surface area (TPSA) is 137 Å². The first-order valence-corrected chi connectivity index (χ1v) is 30.5. The van der Waals surface area contributed by atoms with Crippen molar-refractivity contribution in [3.05, 3.63) is 0 Å². The maximum absolute atomic E-state index is 12.3. The lowest BCUT2D eigenvalue weighted by molar-refractivity contribution is -0.891. The average Bonchev–Trinajstić information content (AvgIpc) is 3.30. The first-order chi connectivity index (χ1) is 33.3. The minimum absolute atomic E-state index is 0.105. The molecular formula is C57H115NO10S. The lowest BCUT2D eigenvalue weighted by atomic mass is 10.0. The van der Waals surface area contributed by atoms with Gasteiger partial charge in [0.05, 0.1) is 47.6 Å². The Morgan fingerprint density at radius 3 is 0.826 bits per heavy atom. The van der Waals surface area contributed by atoms with Crippen LogP contribution in [0.1, 0.15) is 285 Å². The molecule has 0 N–H and O–H groups in total. The van der Waals surface area contributed by atoms with Gasteiger partial charge in [0.2, 0.25) is 10.4 Å². The van der Waals surface area contributed by atoms with E-state index in [0.29, 0.717) is 39.3 Å². The molecular weight excluding hydrogens is 891 g/mol. The molecule has 0 heterocycles. The Morgan fingerprint density at radius 1 is 0.420 bits per heavy atom. The second-order valence-corrected chi connectivity index (χ2v) is 22.1. The van der Waals surface area contributed by atoms with Crippen LogP contribution in [0, 0.1) is 0 Å². The van der Waals surface area contributed by atoms with Crippen molar-refractivity contribution < 1.29 is 50.2 Å². The van der Waals surface area contributed by atoms with Crippen LogP contribution in [0.2, 0.25) is 0 Å². The molecule has 2 unspecified atom stereocenters. The smallest absolute Gasteiger partial charge is 0.306 e.